The smallest absolute Gasteiger partial charge is 0.257 e. The highest BCUT2D eigenvalue weighted by Gasteiger charge is 2.17. The van der Waals surface area contributed by atoms with Gasteiger partial charge in [0.15, 0.2) is 4.67 Å². The molecule has 5 heteroatoms. The Labute approximate surface area is 126 Å². The third-order valence-corrected chi connectivity index (χ3v) is 3.43. The van der Waals surface area contributed by atoms with Crippen molar-refractivity contribution in [2.75, 3.05) is 19.6 Å². The number of hydrogen-bond donors (Lipinski definition) is 1. The number of furan rings is 1. The SMILES string of the molecule is NCCN(CCc1ccccc1)C(=O)c1coc(Br)c1. The van der Waals surface area contributed by atoms with E-state index in [1.807, 2.05) is 18.2 Å². The standard InChI is InChI=1S/C15H17BrN2O2/c16-14-10-13(11-20-14)15(19)18(9-7-17)8-6-12-4-2-1-3-5-12/h1-5,10-11H,6-9,17H2. The molecule has 0 aliphatic rings. The zero-order valence-electron chi connectivity index (χ0n) is 11.1. The third kappa shape index (κ3) is 3.95. The van der Waals surface area contributed by atoms with Gasteiger partial charge in [-0.2, -0.15) is 0 Å². The molecule has 1 aromatic carbocycles. The summed E-state index contributed by atoms with van der Waals surface area (Å²) < 4.78 is 5.67. The van der Waals surface area contributed by atoms with Gasteiger partial charge in [-0.3, -0.25) is 4.79 Å². The van der Waals surface area contributed by atoms with E-state index < -0.39 is 0 Å². The molecule has 106 valence electrons. The average Bonchev–Trinajstić information content (AvgIpc) is 2.90. The van der Waals surface area contributed by atoms with Crippen LogP contribution in [0.1, 0.15) is 15.9 Å². The summed E-state index contributed by atoms with van der Waals surface area (Å²) in [5.74, 6) is -0.0548. The van der Waals surface area contributed by atoms with Gasteiger partial charge in [0.05, 0.1) is 5.56 Å². The average molecular weight is 337 g/mol. The zero-order valence-corrected chi connectivity index (χ0v) is 12.7. The predicted molar refractivity (Wildman–Crippen MR) is 81.5 cm³/mol. The van der Waals surface area contributed by atoms with Gasteiger partial charge in [0.2, 0.25) is 0 Å². The van der Waals surface area contributed by atoms with Gasteiger partial charge in [0.1, 0.15) is 6.26 Å². The molecule has 4 nitrogen and oxygen atoms in total. The van der Waals surface area contributed by atoms with E-state index in [2.05, 4.69) is 28.1 Å². The Kier molecular flexibility index (Phi) is 5.38. The number of halogens is 1. The van der Waals surface area contributed by atoms with Crippen molar-refractivity contribution < 1.29 is 9.21 Å². The third-order valence-electron chi connectivity index (χ3n) is 3.01. The molecule has 0 saturated heterocycles. The highest BCUT2D eigenvalue weighted by atomic mass is 79.9. The molecule has 1 aromatic heterocycles. The molecule has 0 atom stereocenters. The van der Waals surface area contributed by atoms with Crippen molar-refractivity contribution >= 4 is 21.8 Å². The van der Waals surface area contributed by atoms with E-state index in [1.165, 1.54) is 11.8 Å². The van der Waals surface area contributed by atoms with Crippen molar-refractivity contribution in [3.8, 4) is 0 Å². The van der Waals surface area contributed by atoms with E-state index in [-0.39, 0.29) is 5.91 Å². The Morgan fingerprint density at radius 1 is 1.25 bits per heavy atom. The first kappa shape index (κ1) is 14.8. The second-order valence-corrected chi connectivity index (χ2v) is 5.24. The molecule has 1 heterocycles. The van der Waals surface area contributed by atoms with Crippen molar-refractivity contribution in [3.05, 3.63) is 58.5 Å². The number of rotatable bonds is 6. The first-order valence-corrected chi connectivity index (χ1v) is 7.27. The summed E-state index contributed by atoms with van der Waals surface area (Å²) in [4.78, 5) is 14.1. The number of hydrogen-bond acceptors (Lipinski definition) is 3. The van der Waals surface area contributed by atoms with Crippen LogP contribution >= 0.6 is 15.9 Å². The van der Waals surface area contributed by atoms with Crippen molar-refractivity contribution in [1.82, 2.24) is 4.90 Å². The molecular weight excluding hydrogens is 320 g/mol. The van der Waals surface area contributed by atoms with Gasteiger partial charge in [-0.1, -0.05) is 30.3 Å². The fourth-order valence-corrected chi connectivity index (χ4v) is 2.32. The first-order valence-electron chi connectivity index (χ1n) is 6.48. The number of carbonyl (C=O) groups is 1. The lowest BCUT2D eigenvalue weighted by Crippen LogP contribution is -2.36. The summed E-state index contributed by atoms with van der Waals surface area (Å²) in [6.07, 6.45) is 2.27. The van der Waals surface area contributed by atoms with Crippen molar-refractivity contribution in [3.63, 3.8) is 0 Å². The van der Waals surface area contributed by atoms with Crippen LogP contribution < -0.4 is 5.73 Å². The largest absolute Gasteiger partial charge is 0.457 e. The molecule has 0 aliphatic carbocycles. The minimum atomic E-state index is -0.0548. The van der Waals surface area contributed by atoms with Crippen molar-refractivity contribution in [2.45, 2.75) is 6.42 Å². The van der Waals surface area contributed by atoms with Gasteiger partial charge in [-0.15, -0.1) is 0 Å². The fraction of sp³-hybridized carbons (Fsp3) is 0.267. The second-order valence-electron chi connectivity index (χ2n) is 4.46. The maximum absolute atomic E-state index is 12.4. The summed E-state index contributed by atoms with van der Waals surface area (Å²) in [5.41, 5.74) is 7.34. The van der Waals surface area contributed by atoms with Gasteiger partial charge in [0.25, 0.3) is 5.91 Å². The molecule has 0 bridgehead atoms. The topological polar surface area (TPSA) is 59.5 Å². The Hall–Kier alpha value is -1.59. The van der Waals surface area contributed by atoms with Gasteiger partial charge < -0.3 is 15.1 Å². The van der Waals surface area contributed by atoms with E-state index in [0.29, 0.717) is 29.9 Å². The summed E-state index contributed by atoms with van der Waals surface area (Å²) in [6.45, 7) is 1.62. The van der Waals surface area contributed by atoms with E-state index in [4.69, 9.17) is 10.2 Å². The molecule has 20 heavy (non-hydrogen) atoms. The van der Waals surface area contributed by atoms with Crippen LogP contribution in [-0.2, 0) is 6.42 Å². The van der Waals surface area contributed by atoms with Crippen LogP contribution in [0.5, 0.6) is 0 Å². The number of amides is 1. The number of nitrogens with two attached hydrogens (primary N) is 1. The molecule has 0 radical (unpaired) electrons. The van der Waals surface area contributed by atoms with Gasteiger partial charge >= 0.3 is 0 Å². The summed E-state index contributed by atoms with van der Waals surface area (Å²) >= 11 is 3.20. The van der Waals surface area contributed by atoms with E-state index in [0.717, 1.165) is 6.42 Å². The molecule has 2 rings (SSSR count). The number of carbonyl (C=O) groups excluding carboxylic acids is 1. The summed E-state index contributed by atoms with van der Waals surface area (Å²) in [7, 11) is 0. The Morgan fingerprint density at radius 3 is 2.60 bits per heavy atom. The predicted octanol–water partition coefficient (Wildman–Crippen LogP) is 2.69. The van der Waals surface area contributed by atoms with Gasteiger partial charge in [0, 0.05) is 25.7 Å². The molecule has 0 unspecified atom stereocenters. The lowest BCUT2D eigenvalue weighted by molar-refractivity contribution is 0.0761. The Bertz CT molecular complexity index is 554. The fourth-order valence-electron chi connectivity index (χ4n) is 1.98. The quantitative estimate of drug-likeness (QED) is 0.882. The highest BCUT2D eigenvalue weighted by molar-refractivity contribution is 9.10. The van der Waals surface area contributed by atoms with Crippen LogP contribution in [0.2, 0.25) is 0 Å². The molecule has 0 fully saturated rings. The molecule has 0 spiro atoms. The lowest BCUT2D eigenvalue weighted by atomic mass is 10.1. The van der Waals surface area contributed by atoms with Crippen LogP contribution in [0.3, 0.4) is 0 Å². The first-order chi connectivity index (χ1) is 9.70. The summed E-state index contributed by atoms with van der Waals surface area (Å²) in [6, 6.07) is 11.8. The molecule has 2 aromatic rings. The molecule has 0 saturated carbocycles. The van der Waals surface area contributed by atoms with Crippen LogP contribution in [0.4, 0.5) is 0 Å². The number of benzene rings is 1. The van der Waals surface area contributed by atoms with Gasteiger partial charge in [-0.25, -0.2) is 0 Å². The maximum Gasteiger partial charge on any atom is 0.257 e. The van der Waals surface area contributed by atoms with Crippen LogP contribution in [0.15, 0.2) is 51.7 Å². The molecule has 1 amide bonds. The Balaban J connectivity index is 2.01. The highest BCUT2D eigenvalue weighted by Crippen LogP contribution is 2.16. The summed E-state index contributed by atoms with van der Waals surface area (Å²) in [5, 5.41) is 0. The van der Waals surface area contributed by atoms with E-state index >= 15 is 0 Å². The molecular formula is C15H17BrN2O2. The minimum Gasteiger partial charge on any atom is -0.457 e. The van der Waals surface area contributed by atoms with Gasteiger partial charge in [-0.05, 0) is 27.9 Å². The van der Waals surface area contributed by atoms with Crippen molar-refractivity contribution in [2.24, 2.45) is 5.73 Å². The van der Waals surface area contributed by atoms with E-state index in [1.54, 1.807) is 11.0 Å². The van der Waals surface area contributed by atoms with Crippen LogP contribution in [0.25, 0.3) is 0 Å². The zero-order chi connectivity index (χ0) is 14.4. The van der Waals surface area contributed by atoms with Crippen LogP contribution in [0, 0.1) is 0 Å². The van der Waals surface area contributed by atoms with E-state index in [9.17, 15) is 4.79 Å². The molecule has 2 N–H and O–H groups in total. The Morgan fingerprint density at radius 2 is 2.00 bits per heavy atom. The molecule has 0 aliphatic heterocycles. The number of nitrogens with zero attached hydrogens (tertiary/aromatic N) is 1. The lowest BCUT2D eigenvalue weighted by Gasteiger charge is -2.21. The normalized spacial score (nSPS) is 10.5. The minimum absolute atomic E-state index is 0.0548. The van der Waals surface area contributed by atoms with Crippen LogP contribution in [-0.4, -0.2) is 30.4 Å². The maximum atomic E-state index is 12.4. The van der Waals surface area contributed by atoms with Crippen molar-refractivity contribution in [1.29, 1.82) is 0 Å². The second kappa shape index (κ2) is 7.26. The monoisotopic (exact) mass is 336 g/mol.